The van der Waals surface area contributed by atoms with Gasteiger partial charge in [0.1, 0.15) is 0 Å². The maximum absolute atomic E-state index is 11.1. The minimum atomic E-state index is -0.907. The number of nitrogens with zero attached hydrogens (tertiary/aromatic N) is 1. The molecule has 1 aromatic carbocycles. The van der Waals surface area contributed by atoms with Gasteiger partial charge in [0.25, 0.3) is 0 Å². The molecule has 0 fully saturated rings. The van der Waals surface area contributed by atoms with E-state index in [1.807, 2.05) is 6.07 Å². The molecule has 19 heavy (non-hydrogen) atoms. The summed E-state index contributed by atoms with van der Waals surface area (Å²) in [6.07, 6.45) is 3.59. The van der Waals surface area contributed by atoms with E-state index in [0.29, 0.717) is 5.56 Å². The highest BCUT2D eigenvalue weighted by molar-refractivity contribution is 5.94. The molecule has 0 bridgehead atoms. The first-order chi connectivity index (χ1) is 9.04. The summed E-state index contributed by atoms with van der Waals surface area (Å²) < 4.78 is 2.09. The number of aliphatic hydroxyl groups is 1. The van der Waals surface area contributed by atoms with Gasteiger partial charge in [-0.1, -0.05) is 6.07 Å². The number of fused-ring (bicyclic) bond motifs is 1. The lowest BCUT2D eigenvalue weighted by molar-refractivity contribution is 0.0697. The van der Waals surface area contributed by atoms with Crippen molar-refractivity contribution in [1.29, 1.82) is 0 Å². The van der Waals surface area contributed by atoms with E-state index in [2.05, 4.69) is 24.6 Å². The van der Waals surface area contributed by atoms with Gasteiger partial charge >= 0.3 is 5.97 Å². The minimum absolute atomic E-state index is 0.168. The van der Waals surface area contributed by atoms with Crippen molar-refractivity contribution >= 4 is 16.9 Å². The van der Waals surface area contributed by atoms with E-state index in [0.717, 1.165) is 29.3 Å². The summed E-state index contributed by atoms with van der Waals surface area (Å²) in [5, 5.41) is 19.1. The van der Waals surface area contributed by atoms with Crippen molar-refractivity contribution < 1.29 is 15.0 Å². The summed E-state index contributed by atoms with van der Waals surface area (Å²) >= 11 is 0. The van der Waals surface area contributed by atoms with Crippen LogP contribution in [0.3, 0.4) is 0 Å². The Morgan fingerprint density at radius 2 is 2.11 bits per heavy atom. The lowest BCUT2D eigenvalue weighted by atomic mass is 10.1. The zero-order valence-electron chi connectivity index (χ0n) is 11.3. The largest absolute Gasteiger partial charge is 0.478 e. The van der Waals surface area contributed by atoms with E-state index in [4.69, 9.17) is 10.2 Å². The quantitative estimate of drug-likeness (QED) is 0.870. The SMILES string of the molecule is CC(C)n1cc(CCCO)c2ccc(C(=O)O)cc21. The van der Waals surface area contributed by atoms with E-state index in [-0.39, 0.29) is 12.6 Å². The third kappa shape index (κ3) is 2.63. The zero-order chi connectivity index (χ0) is 14.0. The number of hydrogen-bond donors (Lipinski definition) is 2. The monoisotopic (exact) mass is 261 g/mol. The Balaban J connectivity index is 2.57. The standard InChI is InChI=1S/C15H19NO3/c1-10(2)16-9-12(4-3-7-17)13-6-5-11(15(18)19)8-14(13)16/h5-6,8-10,17H,3-4,7H2,1-2H3,(H,18,19). The molecule has 0 aliphatic carbocycles. The van der Waals surface area contributed by atoms with Gasteiger partial charge in [0.05, 0.1) is 5.56 Å². The second kappa shape index (κ2) is 5.45. The Morgan fingerprint density at radius 3 is 2.68 bits per heavy atom. The normalized spacial score (nSPS) is 11.4. The summed E-state index contributed by atoms with van der Waals surface area (Å²) in [5.41, 5.74) is 2.42. The van der Waals surface area contributed by atoms with Crippen LogP contribution in [0.5, 0.6) is 0 Å². The predicted octanol–water partition coefficient (Wildman–Crippen LogP) is 2.85. The second-order valence-electron chi connectivity index (χ2n) is 5.02. The van der Waals surface area contributed by atoms with Gasteiger partial charge in [0.2, 0.25) is 0 Å². The van der Waals surface area contributed by atoms with Crippen molar-refractivity contribution in [2.24, 2.45) is 0 Å². The molecule has 0 aliphatic heterocycles. The Bertz CT molecular complexity index is 599. The van der Waals surface area contributed by atoms with Crippen LogP contribution in [0.4, 0.5) is 0 Å². The number of carboxylic acid groups (broad SMARTS) is 1. The van der Waals surface area contributed by atoms with Gasteiger partial charge in [-0.3, -0.25) is 0 Å². The van der Waals surface area contributed by atoms with Gasteiger partial charge in [-0.2, -0.15) is 0 Å². The third-order valence-corrected chi connectivity index (χ3v) is 3.32. The molecule has 1 heterocycles. The number of rotatable bonds is 5. The van der Waals surface area contributed by atoms with Crippen molar-refractivity contribution in [1.82, 2.24) is 4.57 Å². The number of hydrogen-bond acceptors (Lipinski definition) is 2. The predicted molar refractivity (Wildman–Crippen MR) is 74.7 cm³/mol. The van der Waals surface area contributed by atoms with Crippen molar-refractivity contribution in [3.05, 3.63) is 35.5 Å². The summed E-state index contributed by atoms with van der Waals surface area (Å²) in [4.78, 5) is 11.1. The topological polar surface area (TPSA) is 62.5 Å². The van der Waals surface area contributed by atoms with Crippen LogP contribution in [0.2, 0.25) is 0 Å². The minimum Gasteiger partial charge on any atom is -0.478 e. The van der Waals surface area contributed by atoms with Gasteiger partial charge in [-0.05, 0) is 44.4 Å². The van der Waals surface area contributed by atoms with E-state index >= 15 is 0 Å². The number of carboxylic acids is 1. The van der Waals surface area contributed by atoms with Gasteiger partial charge in [0, 0.05) is 29.7 Å². The summed E-state index contributed by atoms with van der Waals surface area (Å²) in [6.45, 7) is 4.31. The highest BCUT2D eigenvalue weighted by Gasteiger charge is 2.13. The molecule has 2 N–H and O–H groups in total. The highest BCUT2D eigenvalue weighted by atomic mass is 16.4. The number of aryl methyl sites for hydroxylation is 1. The first kappa shape index (κ1) is 13.6. The number of aromatic nitrogens is 1. The van der Waals surface area contributed by atoms with E-state index < -0.39 is 5.97 Å². The molecule has 0 radical (unpaired) electrons. The third-order valence-electron chi connectivity index (χ3n) is 3.32. The van der Waals surface area contributed by atoms with Crippen LogP contribution in [-0.2, 0) is 6.42 Å². The fraction of sp³-hybridized carbons (Fsp3) is 0.400. The van der Waals surface area contributed by atoms with Crippen molar-refractivity contribution in [3.63, 3.8) is 0 Å². The van der Waals surface area contributed by atoms with E-state index in [1.54, 1.807) is 12.1 Å². The number of aliphatic hydroxyl groups excluding tert-OH is 1. The number of aromatic carboxylic acids is 1. The molecular weight excluding hydrogens is 242 g/mol. The van der Waals surface area contributed by atoms with Crippen LogP contribution < -0.4 is 0 Å². The summed E-state index contributed by atoms with van der Waals surface area (Å²) in [5.74, 6) is -0.907. The van der Waals surface area contributed by atoms with Gasteiger partial charge in [-0.15, -0.1) is 0 Å². The van der Waals surface area contributed by atoms with E-state index in [1.165, 1.54) is 0 Å². The molecule has 1 aromatic heterocycles. The molecule has 0 amide bonds. The van der Waals surface area contributed by atoms with Crippen molar-refractivity contribution in [3.8, 4) is 0 Å². The maximum atomic E-state index is 11.1. The first-order valence-electron chi connectivity index (χ1n) is 6.52. The average molecular weight is 261 g/mol. The second-order valence-corrected chi connectivity index (χ2v) is 5.02. The number of benzene rings is 1. The maximum Gasteiger partial charge on any atom is 0.335 e. The van der Waals surface area contributed by atoms with Crippen molar-refractivity contribution in [2.45, 2.75) is 32.7 Å². The van der Waals surface area contributed by atoms with E-state index in [9.17, 15) is 4.79 Å². The van der Waals surface area contributed by atoms with Crippen molar-refractivity contribution in [2.75, 3.05) is 6.61 Å². The average Bonchev–Trinajstić information content (AvgIpc) is 2.74. The first-order valence-corrected chi connectivity index (χ1v) is 6.52. The molecule has 4 nitrogen and oxygen atoms in total. The zero-order valence-corrected chi connectivity index (χ0v) is 11.3. The number of carbonyl (C=O) groups is 1. The Labute approximate surface area is 112 Å². The molecular formula is C15H19NO3. The molecule has 2 aromatic rings. The molecule has 0 spiro atoms. The van der Waals surface area contributed by atoms with Crippen LogP contribution in [-0.4, -0.2) is 27.4 Å². The van der Waals surface area contributed by atoms with Crippen LogP contribution in [0.25, 0.3) is 10.9 Å². The van der Waals surface area contributed by atoms with Gasteiger partial charge in [0.15, 0.2) is 0 Å². The molecule has 102 valence electrons. The van der Waals surface area contributed by atoms with Crippen LogP contribution in [0, 0.1) is 0 Å². The van der Waals surface area contributed by atoms with Gasteiger partial charge in [-0.25, -0.2) is 4.79 Å². The lowest BCUT2D eigenvalue weighted by Crippen LogP contribution is -2.00. The molecule has 0 aliphatic rings. The molecule has 0 unspecified atom stereocenters. The fourth-order valence-corrected chi connectivity index (χ4v) is 2.35. The Morgan fingerprint density at radius 1 is 1.37 bits per heavy atom. The summed E-state index contributed by atoms with van der Waals surface area (Å²) in [7, 11) is 0. The van der Waals surface area contributed by atoms with Crippen LogP contribution in [0.1, 0.15) is 42.2 Å². The highest BCUT2D eigenvalue weighted by Crippen LogP contribution is 2.26. The van der Waals surface area contributed by atoms with Gasteiger partial charge < -0.3 is 14.8 Å². The molecule has 0 saturated heterocycles. The Hall–Kier alpha value is -1.81. The lowest BCUT2D eigenvalue weighted by Gasteiger charge is -2.09. The molecule has 0 atom stereocenters. The van der Waals surface area contributed by atoms with Crippen LogP contribution in [0.15, 0.2) is 24.4 Å². The Kier molecular flexibility index (Phi) is 3.90. The molecule has 2 rings (SSSR count). The smallest absolute Gasteiger partial charge is 0.335 e. The fourth-order valence-electron chi connectivity index (χ4n) is 2.35. The van der Waals surface area contributed by atoms with Crippen LogP contribution >= 0.6 is 0 Å². The summed E-state index contributed by atoms with van der Waals surface area (Å²) in [6, 6.07) is 5.50. The molecule has 0 saturated carbocycles. The molecule has 4 heteroatoms.